The average Bonchev–Trinajstić information content (AvgIpc) is 2.84. The van der Waals surface area contributed by atoms with E-state index in [0.717, 1.165) is 12.8 Å². The van der Waals surface area contributed by atoms with Crippen LogP contribution in [0.1, 0.15) is 33.9 Å². The Balaban J connectivity index is 1.84. The van der Waals surface area contributed by atoms with Gasteiger partial charge in [0.2, 0.25) is 5.91 Å². The minimum absolute atomic E-state index is 0.204. The fourth-order valence-corrected chi connectivity index (χ4v) is 2.77. The third-order valence-electron chi connectivity index (χ3n) is 3.57. The Morgan fingerprint density at radius 2 is 2.20 bits per heavy atom. The summed E-state index contributed by atoms with van der Waals surface area (Å²) >= 11 is 6.15. The molecule has 0 saturated carbocycles. The second-order valence-corrected chi connectivity index (χ2v) is 5.26. The van der Waals surface area contributed by atoms with Crippen molar-refractivity contribution in [3.63, 3.8) is 0 Å². The zero-order valence-corrected chi connectivity index (χ0v) is 11.5. The summed E-state index contributed by atoms with van der Waals surface area (Å²) in [4.78, 5) is 15.3. The number of primary amides is 1. The van der Waals surface area contributed by atoms with Gasteiger partial charge in [-0.15, -0.1) is 0 Å². The molecule has 0 unspecified atom stereocenters. The number of rotatable bonds is 3. The Morgan fingerprint density at radius 1 is 1.40 bits per heavy atom. The molecule has 4 nitrogen and oxygen atoms in total. The summed E-state index contributed by atoms with van der Waals surface area (Å²) in [6.45, 7) is 0. The highest BCUT2D eigenvalue weighted by atomic mass is 35.5. The average molecular weight is 288 g/mol. The van der Waals surface area contributed by atoms with Crippen LogP contribution in [0.5, 0.6) is 0 Å². The van der Waals surface area contributed by atoms with Gasteiger partial charge in [-0.3, -0.25) is 4.79 Å². The van der Waals surface area contributed by atoms with E-state index >= 15 is 0 Å². The van der Waals surface area contributed by atoms with E-state index in [4.69, 9.17) is 17.3 Å². The lowest BCUT2D eigenvalue weighted by Crippen LogP contribution is -2.13. The highest BCUT2D eigenvalue weighted by Crippen LogP contribution is 2.34. The molecule has 3 N–H and O–H groups in total. The molecular weight excluding hydrogens is 274 g/mol. The Morgan fingerprint density at radius 3 is 2.95 bits per heavy atom. The SMILES string of the molecule is NC(=O)c1cnc(N[C@H]2CCc3ccccc32)c(Cl)c1. The molecule has 0 radical (unpaired) electrons. The van der Waals surface area contributed by atoms with Gasteiger partial charge in [-0.2, -0.15) is 0 Å². The molecule has 1 aromatic heterocycles. The summed E-state index contributed by atoms with van der Waals surface area (Å²) in [7, 11) is 0. The normalized spacial score (nSPS) is 16.8. The molecule has 1 amide bonds. The number of nitrogens with zero attached hydrogens (tertiary/aromatic N) is 1. The molecule has 2 aromatic rings. The van der Waals surface area contributed by atoms with Crippen molar-refractivity contribution in [2.75, 3.05) is 5.32 Å². The van der Waals surface area contributed by atoms with Crippen molar-refractivity contribution in [1.82, 2.24) is 4.98 Å². The van der Waals surface area contributed by atoms with Crippen LogP contribution in [0.15, 0.2) is 36.5 Å². The number of aryl methyl sites for hydroxylation is 1. The van der Waals surface area contributed by atoms with Crippen molar-refractivity contribution in [2.24, 2.45) is 5.73 Å². The summed E-state index contributed by atoms with van der Waals surface area (Å²) < 4.78 is 0. The maximum Gasteiger partial charge on any atom is 0.250 e. The summed E-state index contributed by atoms with van der Waals surface area (Å²) in [5.74, 6) is 0.0514. The van der Waals surface area contributed by atoms with Gasteiger partial charge in [-0.25, -0.2) is 4.98 Å². The third kappa shape index (κ3) is 2.34. The standard InChI is InChI=1S/C15H14ClN3O/c16-12-7-10(14(17)20)8-18-15(12)19-13-6-5-9-3-1-2-4-11(9)13/h1-4,7-8,13H,5-6H2,(H2,17,20)(H,18,19)/t13-/m0/s1. The van der Waals surface area contributed by atoms with Crippen LogP contribution in [0.25, 0.3) is 0 Å². The molecule has 1 heterocycles. The van der Waals surface area contributed by atoms with E-state index in [-0.39, 0.29) is 6.04 Å². The van der Waals surface area contributed by atoms with Gasteiger partial charge in [0.15, 0.2) is 0 Å². The van der Waals surface area contributed by atoms with Crippen molar-refractivity contribution >= 4 is 23.3 Å². The topological polar surface area (TPSA) is 68.0 Å². The van der Waals surface area contributed by atoms with E-state index in [1.807, 2.05) is 12.1 Å². The Bertz CT molecular complexity index is 672. The molecule has 0 aliphatic heterocycles. The number of carbonyl (C=O) groups excluding carboxylic acids is 1. The highest BCUT2D eigenvalue weighted by molar-refractivity contribution is 6.33. The molecule has 1 aromatic carbocycles. The number of nitrogens with two attached hydrogens (primary N) is 1. The number of nitrogens with one attached hydrogen (secondary N) is 1. The van der Waals surface area contributed by atoms with Crippen LogP contribution >= 0.6 is 11.6 Å². The molecule has 0 spiro atoms. The predicted octanol–water partition coefficient (Wildman–Crippen LogP) is 2.93. The fourth-order valence-electron chi connectivity index (χ4n) is 2.55. The number of carbonyl (C=O) groups is 1. The highest BCUT2D eigenvalue weighted by Gasteiger charge is 2.22. The van der Waals surface area contributed by atoms with Crippen LogP contribution in [-0.4, -0.2) is 10.9 Å². The molecule has 5 heteroatoms. The first-order valence-electron chi connectivity index (χ1n) is 6.45. The number of amides is 1. The van der Waals surface area contributed by atoms with Crippen molar-refractivity contribution in [1.29, 1.82) is 0 Å². The largest absolute Gasteiger partial charge is 0.366 e. The number of hydrogen-bond donors (Lipinski definition) is 2. The molecule has 20 heavy (non-hydrogen) atoms. The molecule has 1 atom stereocenters. The van der Waals surface area contributed by atoms with Crippen LogP contribution in [0.4, 0.5) is 5.82 Å². The van der Waals surface area contributed by atoms with Crippen LogP contribution < -0.4 is 11.1 Å². The fraction of sp³-hybridized carbons (Fsp3) is 0.200. The first kappa shape index (κ1) is 12.9. The van der Waals surface area contributed by atoms with E-state index < -0.39 is 5.91 Å². The molecule has 1 aliphatic carbocycles. The first-order valence-corrected chi connectivity index (χ1v) is 6.82. The van der Waals surface area contributed by atoms with E-state index in [1.165, 1.54) is 17.3 Å². The number of aromatic nitrogens is 1. The molecule has 0 fully saturated rings. The Hall–Kier alpha value is -2.07. The second kappa shape index (κ2) is 5.13. The lowest BCUT2D eigenvalue weighted by molar-refractivity contribution is 0.1000. The zero-order chi connectivity index (χ0) is 14.1. The maximum atomic E-state index is 11.1. The molecule has 0 saturated heterocycles. The van der Waals surface area contributed by atoms with Gasteiger partial charge in [0.25, 0.3) is 0 Å². The molecule has 3 rings (SSSR count). The van der Waals surface area contributed by atoms with E-state index in [1.54, 1.807) is 6.07 Å². The van der Waals surface area contributed by atoms with Crippen LogP contribution in [0, 0.1) is 0 Å². The van der Waals surface area contributed by atoms with Crippen LogP contribution in [-0.2, 0) is 6.42 Å². The minimum atomic E-state index is -0.530. The number of hydrogen-bond acceptors (Lipinski definition) is 3. The molecule has 0 bridgehead atoms. The molecule has 1 aliphatic rings. The predicted molar refractivity (Wildman–Crippen MR) is 78.9 cm³/mol. The number of halogens is 1. The number of benzene rings is 1. The Kier molecular flexibility index (Phi) is 3.32. The van der Waals surface area contributed by atoms with Crippen molar-refractivity contribution in [3.8, 4) is 0 Å². The van der Waals surface area contributed by atoms with Crippen molar-refractivity contribution in [3.05, 3.63) is 58.2 Å². The van der Waals surface area contributed by atoms with E-state index in [9.17, 15) is 4.79 Å². The summed E-state index contributed by atoms with van der Waals surface area (Å²) in [5, 5.41) is 3.74. The Labute approximate surface area is 122 Å². The van der Waals surface area contributed by atoms with Gasteiger partial charge in [0.1, 0.15) is 5.82 Å². The zero-order valence-electron chi connectivity index (χ0n) is 10.8. The number of fused-ring (bicyclic) bond motifs is 1. The van der Waals surface area contributed by atoms with Crippen molar-refractivity contribution in [2.45, 2.75) is 18.9 Å². The maximum absolute atomic E-state index is 11.1. The van der Waals surface area contributed by atoms with Gasteiger partial charge in [-0.05, 0) is 30.0 Å². The summed E-state index contributed by atoms with van der Waals surface area (Å²) in [6, 6.07) is 10.1. The lowest BCUT2D eigenvalue weighted by atomic mass is 10.1. The monoisotopic (exact) mass is 287 g/mol. The van der Waals surface area contributed by atoms with Gasteiger partial charge >= 0.3 is 0 Å². The van der Waals surface area contributed by atoms with Crippen molar-refractivity contribution < 1.29 is 4.79 Å². The first-order chi connectivity index (χ1) is 9.65. The molecule has 102 valence electrons. The van der Waals surface area contributed by atoms with E-state index in [2.05, 4.69) is 22.4 Å². The van der Waals surface area contributed by atoms with Gasteiger partial charge < -0.3 is 11.1 Å². The quantitative estimate of drug-likeness (QED) is 0.912. The van der Waals surface area contributed by atoms with Crippen LogP contribution in [0.3, 0.4) is 0 Å². The third-order valence-corrected chi connectivity index (χ3v) is 3.86. The molecular formula is C15H14ClN3O. The van der Waals surface area contributed by atoms with Crippen LogP contribution in [0.2, 0.25) is 5.02 Å². The lowest BCUT2D eigenvalue weighted by Gasteiger charge is -2.16. The second-order valence-electron chi connectivity index (χ2n) is 4.85. The van der Waals surface area contributed by atoms with Gasteiger partial charge in [-0.1, -0.05) is 35.9 Å². The number of anilines is 1. The minimum Gasteiger partial charge on any atom is -0.366 e. The summed E-state index contributed by atoms with van der Waals surface area (Å²) in [6.07, 6.45) is 3.50. The van der Waals surface area contributed by atoms with E-state index in [0.29, 0.717) is 16.4 Å². The smallest absolute Gasteiger partial charge is 0.250 e. The van der Waals surface area contributed by atoms with Gasteiger partial charge in [0, 0.05) is 6.20 Å². The van der Waals surface area contributed by atoms with Gasteiger partial charge in [0.05, 0.1) is 16.6 Å². The summed E-state index contributed by atoms with van der Waals surface area (Å²) in [5.41, 5.74) is 8.15. The number of pyridine rings is 1.